The zero-order chi connectivity index (χ0) is 16.0. The molecule has 0 saturated carbocycles. The monoisotopic (exact) mass is 306 g/mol. The average Bonchev–Trinajstić information content (AvgIpc) is 2.95. The van der Waals surface area contributed by atoms with Crippen LogP contribution in [0.15, 0.2) is 42.7 Å². The first kappa shape index (κ1) is 14.0. The molecule has 4 heteroatoms. The molecular weight excluding hydrogens is 288 g/mol. The van der Waals surface area contributed by atoms with Crippen LogP contribution in [0.3, 0.4) is 0 Å². The lowest BCUT2D eigenvalue weighted by atomic mass is 9.79. The largest absolute Gasteiger partial charge is 0.478 e. The fourth-order valence-electron chi connectivity index (χ4n) is 3.71. The minimum Gasteiger partial charge on any atom is -0.478 e. The molecule has 1 aliphatic carbocycles. The normalized spacial score (nSPS) is 17.2. The number of aromatic nitrogens is 2. The molecule has 0 fully saturated rings. The van der Waals surface area contributed by atoms with Crippen LogP contribution in [0.25, 0.3) is 5.65 Å². The van der Waals surface area contributed by atoms with Gasteiger partial charge < -0.3 is 9.51 Å². The van der Waals surface area contributed by atoms with Crippen molar-refractivity contribution in [3.63, 3.8) is 0 Å². The average molecular weight is 306 g/mol. The molecule has 3 aromatic rings. The van der Waals surface area contributed by atoms with Crippen LogP contribution in [0.4, 0.5) is 0 Å². The van der Waals surface area contributed by atoms with Crippen LogP contribution in [0.1, 0.15) is 45.1 Å². The number of hydrogen-bond donors (Lipinski definition) is 1. The standard InChI is InChI=1S/C19H18N2O2/c1-12-10-21-11-17(19(22)23)15-8-7-14(9-16(15)18(21)20-12)13-5-3-2-4-6-13/h2-6,10-11,14H,7-9H2,1H3,(H,22,23). The Morgan fingerprint density at radius 2 is 2.00 bits per heavy atom. The summed E-state index contributed by atoms with van der Waals surface area (Å²) in [5.41, 5.74) is 5.61. The molecule has 23 heavy (non-hydrogen) atoms. The molecule has 0 spiro atoms. The molecule has 1 unspecified atom stereocenters. The molecule has 2 heterocycles. The van der Waals surface area contributed by atoms with Crippen molar-refractivity contribution < 1.29 is 9.90 Å². The topological polar surface area (TPSA) is 54.6 Å². The minimum absolute atomic E-state index is 0.413. The predicted octanol–water partition coefficient (Wildman–Crippen LogP) is 3.61. The number of imidazole rings is 1. The van der Waals surface area contributed by atoms with E-state index < -0.39 is 5.97 Å². The fourth-order valence-corrected chi connectivity index (χ4v) is 3.71. The summed E-state index contributed by atoms with van der Waals surface area (Å²) in [6.07, 6.45) is 6.22. The number of fused-ring (bicyclic) bond motifs is 3. The SMILES string of the molecule is Cc1cn2cc(C(=O)O)c3c(c2n1)CC(c1ccccc1)CC3. The zero-order valence-corrected chi connectivity index (χ0v) is 13.0. The van der Waals surface area contributed by atoms with Gasteiger partial charge in [-0.15, -0.1) is 0 Å². The van der Waals surface area contributed by atoms with Crippen LogP contribution in [0, 0.1) is 6.92 Å². The maximum atomic E-state index is 11.6. The van der Waals surface area contributed by atoms with E-state index >= 15 is 0 Å². The van der Waals surface area contributed by atoms with Gasteiger partial charge in [0.1, 0.15) is 5.65 Å². The number of hydrogen-bond acceptors (Lipinski definition) is 2. The molecule has 4 nitrogen and oxygen atoms in total. The van der Waals surface area contributed by atoms with Crippen molar-refractivity contribution in [3.05, 3.63) is 70.7 Å². The van der Waals surface area contributed by atoms with Crippen molar-refractivity contribution >= 4 is 11.6 Å². The molecule has 116 valence electrons. The molecule has 4 rings (SSSR count). The molecule has 0 amide bonds. The highest BCUT2D eigenvalue weighted by Crippen LogP contribution is 2.36. The third-order valence-corrected chi connectivity index (χ3v) is 4.77. The number of carbonyl (C=O) groups is 1. The van der Waals surface area contributed by atoms with Gasteiger partial charge in [-0.3, -0.25) is 0 Å². The summed E-state index contributed by atoms with van der Waals surface area (Å²) < 4.78 is 1.87. The number of rotatable bonds is 2. The van der Waals surface area contributed by atoms with Crippen molar-refractivity contribution in [1.82, 2.24) is 9.38 Å². The highest BCUT2D eigenvalue weighted by atomic mass is 16.4. The Kier molecular flexibility index (Phi) is 3.18. The van der Waals surface area contributed by atoms with Gasteiger partial charge in [-0.2, -0.15) is 0 Å². The lowest BCUT2D eigenvalue weighted by molar-refractivity contribution is 0.0694. The molecule has 0 saturated heterocycles. The van der Waals surface area contributed by atoms with Crippen molar-refractivity contribution in [2.75, 3.05) is 0 Å². The van der Waals surface area contributed by atoms with E-state index in [-0.39, 0.29) is 0 Å². The summed E-state index contributed by atoms with van der Waals surface area (Å²) >= 11 is 0. The second kappa shape index (κ2) is 5.23. The van der Waals surface area contributed by atoms with Crippen molar-refractivity contribution in [1.29, 1.82) is 0 Å². The van der Waals surface area contributed by atoms with E-state index in [1.807, 2.05) is 23.6 Å². The highest BCUT2D eigenvalue weighted by molar-refractivity contribution is 5.90. The summed E-state index contributed by atoms with van der Waals surface area (Å²) in [7, 11) is 0. The molecule has 0 aliphatic heterocycles. The number of nitrogens with zero attached hydrogens (tertiary/aromatic N) is 2. The Labute approximate surface area is 134 Å². The van der Waals surface area contributed by atoms with Gasteiger partial charge in [0.25, 0.3) is 0 Å². The lowest BCUT2D eigenvalue weighted by Crippen LogP contribution is -2.18. The van der Waals surface area contributed by atoms with E-state index in [1.165, 1.54) is 5.56 Å². The third-order valence-electron chi connectivity index (χ3n) is 4.77. The van der Waals surface area contributed by atoms with Gasteiger partial charge >= 0.3 is 5.97 Å². The molecule has 1 N–H and O–H groups in total. The number of aryl methyl sites for hydroxylation is 1. The van der Waals surface area contributed by atoms with Gasteiger partial charge in [0.05, 0.1) is 11.3 Å². The maximum absolute atomic E-state index is 11.6. The Morgan fingerprint density at radius 3 is 2.74 bits per heavy atom. The Morgan fingerprint density at radius 1 is 1.22 bits per heavy atom. The summed E-state index contributed by atoms with van der Waals surface area (Å²) in [5.74, 6) is -0.429. The summed E-state index contributed by atoms with van der Waals surface area (Å²) in [6, 6.07) is 10.5. The summed E-state index contributed by atoms with van der Waals surface area (Å²) in [5, 5.41) is 9.56. The molecule has 0 bridgehead atoms. The van der Waals surface area contributed by atoms with Gasteiger partial charge in [0.15, 0.2) is 0 Å². The number of aromatic carboxylic acids is 1. The van der Waals surface area contributed by atoms with Gasteiger partial charge in [-0.05, 0) is 43.2 Å². The van der Waals surface area contributed by atoms with E-state index in [1.54, 1.807) is 6.20 Å². The third kappa shape index (κ3) is 2.31. The smallest absolute Gasteiger partial charge is 0.337 e. The van der Waals surface area contributed by atoms with Crippen LogP contribution in [0.5, 0.6) is 0 Å². The van der Waals surface area contributed by atoms with Gasteiger partial charge in [-0.25, -0.2) is 9.78 Å². The Hall–Kier alpha value is -2.62. The van der Waals surface area contributed by atoms with Gasteiger partial charge in [0, 0.05) is 18.0 Å². The molecule has 0 radical (unpaired) electrons. The van der Waals surface area contributed by atoms with E-state index in [2.05, 4.69) is 29.2 Å². The zero-order valence-electron chi connectivity index (χ0n) is 13.0. The van der Waals surface area contributed by atoms with Crippen LogP contribution >= 0.6 is 0 Å². The van der Waals surface area contributed by atoms with E-state index in [9.17, 15) is 9.90 Å². The second-order valence-electron chi connectivity index (χ2n) is 6.27. The maximum Gasteiger partial charge on any atom is 0.337 e. The van der Waals surface area contributed by atoms with Crippen LogP contribution in [-0.4, -0.2) is 20.5 Å². The van der Waals surface area contributed by atoms with Gasteiger partial charge in [-0.1, -0.05) is 30.3 Å². The predicted molar refractivity (Wildman–Crippen MR) is 88.1 cm³/mol. The van der Waals surface area contributed by atoms with Crippen molar-refractivity contribution in [2.24, 2.45) is 0 Å². The summed E-state index contributed by atoms with van der Waals surface area (Å²) in [4.78, 5) is 16.3. The highest BCUT2D eigenvalue weighted by Gasteiger charge is 2.27. The Bertz CT molecular complexity index is 897. The molecule has 1 aliphatic rings. The van der Waals surface area contributed by atoms with Crippen LogP contribution in [-0.2, 0) is 12.8 Å². The van der Waals surface area contributed by atoms with Crippen LogP contribution < -0.4 is 0 Å². The fraction of sp³-hybridized carbons (Fsp3) is 0.263. The number of carboxylic acids is 1. The lowest BCUT2D eigenvalue weighted by Gasteiger charge is -2.26. The summed E-state index contributed by atoms with van der Waals surface area (Å²) in [6.45, 7) is 1.94. The molecule has 1 atom stereocenters. The number of carboxylic acid groups (broad SMARTS) is 1. The first-order valence-corrected chi connectivity index (χ1v) is 7.92. The number of benzene rings is 1. The molecule has 2 aromatic heterocycles. The van der Waals surface area contributed by atoms with E-state index in [0.29, 0.717) is 11.5 Å². The molecular formula is C19H18N2O2. The van der Waals surface area contributed by atoms with E-state index in [4.69, 9.17) is 0 Å². The quantitative estimate of drug-likeness (QED) is 0.787. The second-order valence-corrected chi connectivity index (χ2v) is 6.27. The van der Waals surface area contributed by atoms with Crippen LogP contribution in [0.2, 0.25) is 0 Å². The number of pyridine rings is 1. The minimum atomic E-state index is -0.854. The van der Waals surface area contributed by atoms with Gasteiger partial charge in [0.2, 0.25) is 0 Å². The molecule has 1 aromatic carbocycles. The first-order valence-electron chi connectivity index (χ1n) is 7.92. The van der Waals surface area contributed by atoms with E-state index in [0.717, 1.165) is 41.7 Å². The first-order chi connectivity index (χ1) is 11.1. The van der Waals surface area contributed by atoms with Crippen molar-refractivity contribution in [3.8, 4) is 0 Å². The Balaban J connectivity index is 1.87. The van der Waals surface area contributed by atoms with Crippen molar-refractivity contribution in [2.45, 2.75) is 32.1 Å².